The predicted octanol–water partition coefficient (Wildman–Crippen LogP) is 12.8. The van der Waals surface area contributed by atoms with Gasteiger partial charge in [0.1, 0.15) is 0 Å². The SMILES string of the molecule is CCCCCCCCCCCCCCCCCCOCCCc1cc(C(=O)O)ccc1-c1ccc(CCCCCCC)cc1. The molecule has 3 nitrogen and oxygen atoms in total. The van der Waals surface area contributed by atoms with Crippen LogP contribution in [0.15, 0.2) is 42.5 Å². The minimum Gasteiger partial charge on any atom is -0.478 e. The fraction of sp³-hybridized carbons (Fsp3) is 0.683. The van der Waals surface area contributed by atoms with Gasteiger partial charge in [0.25, 0.3) is 0 Å². The van der Waals surface area contributed by atoms with E-state index in [1.807, 2.05) is 12.1 Å². The Labute approximate surface area is 271 Å². The second-order valence-corrected chi connectivity index (χ2v) is 13.1. The fourth-order valence-electron chi connectivity index (χ4n) is 6.22. The zero-order valence-corrected chi connectivity index (χ0v) is 28.7. The van der Waals surface area contributed by atoms with Crippen molar-refractivity contribution in [1.29, 1.82) is 0 Å². The summed E-state index contributed by atoms with van der Waals surface area (Å²) in [5.41, 5.74) is 5.16. The first-order chi connectivity index (χ1) is 21.7. The van der Waals surface area contributed by atoms with Gasteiger partial charge in [-0.15, -0.1) is 0 Å². The third-order valence-corrected chi connectivity index (χ3v) is 9.06. The molecule has 0 fully saturated rings. The summed E-state index contributed by atoms with van der Waals surface area (Å²) in [5, 5.41) is 9.56. The van der Waals surface area contributed by atoms with Crippen LogP contribution in [0.4, 0.5) is 0 Å². The van der Waals surface area contributed by atoms with E-state index >= 15 is 0 Å². The maximum atomic E-state index is 11.6. The van der Waals surface area contributed by atoms with E-state index in [0.29, 0.717) is 5.56 Å². The van der Waals surface area contributed by atoms with E-state index in [1.54, 1.807) is 6.07 Å². The molecule has 44 heavy (non-hydrogen) atoms. The Hall–Kier alpha value is -2.13. The Morgan fingerprint density at radius 2 is 1.02 bits per heavy atom. The van der Waals surface area contributed by atoms with Gasteiger partial charge >= 0.3 is 5.97 Å². The Morgan fingerprint density at radius 1 is 0.545 bits per heavy atom. The van der Waals surface area contributed by atoms with E-state index < -0.39 is 5.97 Å². The molecule has 0 radical (unpaired) electrons. The molecule has 0 saturated carbocycles. The minimum absolute atomic E-state index is 0.363. The van der Waals surface area contributed by atoms with Crippen LogP contribution in [0.1, 0.15) is 177 Å². The summed E-state index contributed by atoms with van der Waals surface area (Å²) in [5.74, 6) is -0.865. The molecular formula is C41H66O3. The topological polar surface area (TPSA) is 46.5 Å². The summed E-state index contributed by atoms with van der Waals surface area (Å²) in [6, 6.07) is 14.5. The smallest absolute Gasteiger partial charge is 0.335 e. The zero-order valence-electron chi connectivity index (χ0n) is 28.7. The number of aryl methyl sites for hydroxylation is 2. The van der Waals surface area contributed by atoms with Crippen molar-refractivity contribution in [3.05, 3.63) is 59.2 Å². The Balaban J connectivity index is 1.56. The normalized spacial score (nSPS) is 11.3. The second kappa shape index (κ2) is 26.1. The first-order valence-corrected chi connectivity index (χ1v) is 18.7. The molecule has 0 bridgehead atoms. The van der Waals surface area contributed by atoms with E-state index in [-0.39, 0.29) is 0 Å². The number of carbonyl (C=O) groups is 1. The van der Waals surface area contributed by atoms with Gasteiger partial charge in [0.15, 0.2) is 0 Å². The fourth-order valence-corrected chi connectivity index (χ4v) is 6.22. The lowest BCUT2D eigenvalue weighted by Crippen LogP contribution is -2.02. The highest BCUT2D eigenvalue weighted by atomic mass is 16.5. The maximum Gasteiger partial charge on any atom is 0.335 e. The molecule has 2 aromatic carbocycles. The average molecular weight is 607 g/mol. The van der Waals surface area contributed by atoms with Crippen molar-refractivity contribution in [1.82, 2.24) is 0 Å². The summed E-state index contributed by atoms with van der Waals surface area (Å²) < 4.78 is 5.96. The third-order valence-electron chi connectivity index (χ3n) is 9.06. The van der Waals surface area contributed by atoms with E-state index in [1.165, 1.54) is 140 Å². The average Bonchev–Trinajstić information content (AvgIpc) is 3.04. The van der Waals surface area contributed by atoms with Crippen LogP contribution in [0, 0.1) is 0 Å². The van der Waals surface area contributed by atoms with E-state index in [0.717, 1.165) is 50.0 Å². The number of carboxylic acids is 1. The lowest BCUT2D eigenvalue weighted by Gasteiger charge is -2.12. The molecule has 0 aromatic heterocycles. The lowest BCUT2D eigenvalue weighted by molar-refractivity contribution is 0.0696. The number of benzene rings is 2. The van der Waals surface area contributed by atoms with Crippen molar-refractivity contribution in [2.24, 2.45) is 0 Å². The number of unbranched alkanes of at least 4 members (excludes halogenated alkanes) is 19. The quantitative estimate of drug-likeness (QED) is 0.0937. The van der Waals surface area contributed by atoms with Gasteiger partial charge in [-0.3, -0.25) is 0 Å². The molecule has 2 aromatic rings. The van der Waals surface area contributed by atoms with Crippen LogP contribution in [0.25, 0.3) is 11.1 Å². The maximum absolute atomic E-state index is 11.6. The van der Waals surface area contributed by atoms with Gasteiger partial charge in [0.2, 0.25) is 0 Å². The third kappa shape index (κ3) is 18.0. The predicted molar refractivity (Wildman–Crippen MR) is 190 cm³/mol. The number of rotatable bonds is 29. The summed E-state index contributed by atoms with van der Waals surface area (Å²) in [7, 11) is 0. The van der Waals surface area contributed by atoms with Gasteiger partial charge in [-0.25, -0.2) is 4.79 Å². The molecule has 0 aliphatic carbocycles. The van der Waals surface area contributed by atoms with Crippen molar-refractivity contribution in [2.75, 3.05) is 13.2 Å². The van der Waals surface area contributed by atoms with Crippen LogP contribution in [0.3, 0.4) is 0 Å². The van der Waals surface area contributed by atoms with Crippen LogP contribution in [-0.2, 0) is 17.6 Å². The number of hydrogen-bond donors (Lipinski definition) is 1. The van der Waals surface area contributed by atoms with Crippen molar-refractivity contribution in [3.63, 3.8) is 0 Å². The van der Waals surface area contributed by atoms with Gasteiger partial charge in [-0.1, -0.05) is 166 Å². The van der Waals surface area contributed by atoms with E-state index in [9.17, 15) is 9.90 Å². The van der Waals surface area contributed by atoms with E-state index in [2.05, 4.69) is 38.1 Å². The monoisotopic (exact) mass is 607 g/mol. The van der Waals surface area contributed by atoms with Crippen LogP contribution in [0.5, 0.6) is 0 Å². The Kier molecular flexibility index (Phi) is 22.6. The molecule has 0 saturated heterocycles. The second-order valence-electron chi connectivity index (χ2n) is 13.1. The number of carboxylic acid groups (broad SMARTS) is 1. The molecule has 248 valence electrons. The molecule has 0 atom stereocenters. The molecular weight excluding hydrogens is 540 g/mol. The zero-order chi connectivity index (χ0) is 31.5. The van der Waals surface area contributed by atoms with Crippen LogP contribution >= 0.6 is 0 Å². The number of aromatic carboxylic acids is 1. The molecule has 0 amide bonds. The molecule has 0 spiro atoms. The highest BCUT2D eigenvalue weighted by molar-refractivity contribution is 5.89. The first kappa shape index (κ1) is 38.1. The Morgan fingerprint density at radius 3 is 1.55 bits per heavy atom. The molecule has 1 N–H and O–H groups in total. The van der Waals surface area contributed by atoms with Crippen molar-refractivity contribution in [3.8, 4) is 11.1 Å². The minimum atomic E-state index is -0.865. The van der Waals surface area contributed by atoms with Gasteiger partial charge < -0.3 is 9.84 Å². The van der Waals surface area contributed by atoms with Crippen molar-refractivity contribution < 1.29 is 14.6 Å². The van der Waals surface area contributed by atoms with Gasteiger partial charge in [0.05, 0.1) is 5.56 Å². The van der Waals surface area contributed by atoms with Gasteiger partial charge in [-0.2, -0.15) is 0 Å². The summed E-state index contributed by atoms with van der Waals surface area (Å²) in [6.45, 7) is 6.11. The molecule has 0 aliphatic heterocycles. The highest BCUT2D eigenvalue weighted by Crippen LogP contribution is 2.27. The summed E-state index contributed by atoms with van der Waals surface area (Å²) in [6.07, 6.45) is 31.5. The van der Waals surface area contributed by atoms with E-state index in [4.69, 9.17) is 4.74 Å². The molecule has 3 heteroatoms. The first-order valence-electron chi connectivity index (χ1n) is 18.7. The molecule has 0 unspecified atom stereocenters. The van der Waals surface area contributed by atoms with Gasteiger partial charge in [-0.05, 0) is 66.5 Å². The number of hydrogen-bond acceptors (Lipinski definition) is 2. The molecule has 2 rings (SSSR count). The summed E-state index contributed by atoms with van der Waals surface area (Å²) in [4.78, 5) is 11.6. The Bertz CT molecular complexity index is 964. The molecule has 0 aliphatic rings. The van der Waals surface area contributed by atoms with Crippen LogP contribution < -0.4 is 0 Å². The lowest BCUT2D eigenvalue weighted by atomic mass is 9.93. The largest absolute Gasteiger partial charge is 0.478 e. The number of ether oxygens (including phenoxy) is 1. The van der Waals surface area contributed by atoms with Crippen molar-refractivity contribution >= 4 is 5.97 Å². The highest BCUT2D eigenvalue weighted by Gasteiger charge is 2.11. The standard InChI is InChI=1S/C41H66O3/c1-3-5-7-9-10-11-12-13-14-15-16-17-18-19-21-23-33-44-34-24-26-38-35-39(41(42)43)31-32-40(38)37-29-27-36(28-30-37)25-22-20-8-6-4-2/h27-32,35H,3-26,33-34H2,1-2H3,(H,42,43). The van der Waals surface area contributed by atoms with Crippen LogP contribution in [-0.4, -0.2) is 24.3 Å². The van der Waals surface area contributed by atoms with Gasteiger partial charge in [0, 0.05) is 13.2 Å². The van der Waals surface area contributed by atoms with Crippen LogP contribution in [0.2, 0.25) is 0 Å². The summed E-state index contributed by atoms with van der Waals surface area (Å²) >= 11 is 0. The molecule has 0 heterocycles. The van der Waals surface area contributed by atoms with Crippen molar-refractivity contribution in [2.45, 2.75) is 168 Å².